The molecule has 0 fully saturated rings. The zero-order valence-corrected chi connectivity index (χ0v) is 19.2. The summed E-state index contributed by atoms with van der Waals surface area (Å²) in [4.78, 5) is 14.8. The van der Waals surface area contributed by atoms with Gasteiger partial charge in [0, 0.05) is 42.0 Å². The maximum absolute atomic E-state index is 14.9. The smallest absolute Gasteiger partial charge is 0.212 e. The molecule has 0 amide bonds. The average molecular weight is 482 g/mol. The first-order valence-electron chi connectivity index (χ1n) is 11.1. The third-order valence-electron chi connectivity index (χ3n) is 6.40. The number of halogens is 2. The number of benzene rings is 1. The number of ether oxygens (including phenoxy) is 1. The van der Waals surface area contributed by atoms with Gasteiger partial charge in [0.05, 0.1) is 26.7 Å². The number of pyridine rings is 1. The molecule has 1 aliphatic heterocycles. The van der Waals surface area contributed by atoms with Gasteiger partial charge in [0.2, 0.25) is 5.88 Å². The lowest BCUT2D eigenvalue weighted by Crippen LogP contribution is -2.53. The normalized spacial score (nSPS) is 16.5. The van der Waals surface area contributed by atoms with Gasteiger partial charge in [-0.1, -0.05) is 6.07 Å². The first-order valence-corrected chi connectivity index (χ1v) is 11.1. The van der Waals surface area contributed by atoms with E-state index in [4.69, 9.17) is 4.74 Å². The largest absolute Gasteiger partial charge is 0.481 e. The quantitative estimate of drug-likeness (QED) is 0.426. The summed E-state index contributed by atoms with van der Waals surface area (Å²) in [5.41, 5.74) is -0.988. The third-order valence-corrected chi connectivity index (χ3v) is 6.40. The lowest BCUT2D eigenvalue weighted by molar-refractivity contribution is -0.0714. The molecule has 0 spiro atoms. The van der Waals surface area contributed by atoms with E-state index in [0.29, 0.717) is 37.2 Å². The van der Waals surface area contributed by atoms with Crippen molar-refractivity contribution in [1.82, 2.24) is 39.4 Å². The highest BCUT2D eigenvalue weighted by atomic mass is 19.1. The molecule has 10 nitrogen and oxygen atoms in total. The second-order valence-corrected chi connectivity index (χ2v) is 8.45. The van der Waals surface area contributed by atoms with Gasteiger partial charge in [0.1, 0.15) is 35.7 Å². The molecule has 4 heterocycles. The summed E-state index contributed by atoms with van der Waals surface area (Å²) in [6.45, 7) is 3.19. The van der Waals surface area contributed by atoms with Crippen LogP contribution in [-0.4, -0.2) is 64.2 Å². The Labute approximate surface area is 199 Å². The summed E-state index contributed by atoms with van der Waals surface area (Å²) in [5, 5.41) is 20.5. The van der Waals surface area contributed by atoms with E-state index in [1.165, 1.54) is 23.4 Å². The van der Waals surface area contributed by atoms with Gasteiger partial charge in [0.25, 0.3) is 0 Å². The van der Waals surface area contributed by atoms with Crippen LogP contribution in [0.15, 0.2) is 49.2 Å². The van der Waals surface area contributed by atoms with Gasteiger partial charge in [-0.3, -0.25) is 4.90 Å². The second-order valence-electron chi connectivity index (χ2n) is 8.45. The number of aromatic nitrogens is 7. The zero-order valence-electron chi connectivity index (χ0n) is 19.2. The Balaban J connectivity index is 1.44. The van der Waals surface area contributed by atoms with E-state index < -0.39 is 23.3 Å². The fourth-order valence-corrected chi connectivity index (χ4v) is 4.39. The van der Waals surface area contributed by atoms with E-state index in [1.54, 1.807) is 26.3 Å². The number of rotatable bonds is 7. The van der Waals surface area contributed by atoms with E-state index in [1.807, 2.05) is 15.6 Å². The SMILES string of the molecule is COc1ccc(-c2nc3n(n2)CCN([C@H](C)[C@](O)(Cn2cncn2)c2ccc(F)cc2F)C3)cn1. The van der Waals surface area contributed by atoms with Gasteiger partial charge >= 0.3 is 0 Å². The van der Waals surface area contributed by atoms with Crippen LogP contribution in [0.1, 0.15) is 18.3 Å². The van der Waals surface area contributed by atoms with E-state index >= 15 is 0 Å². The van der Waals surface area contributed by atoms with Crippen molar-refractivity contribution < 1.29 is 18.6 Å². The minimum Gasteiger partial charge on any atom is -0.481 e. The summed E-state index contributed by atoms with van der Waals surface area (Å²) in [5.74, 6) is 0.198. The van der Waals surface area contributed by atoms with E-state index in [9.17, 15) is 13.9 Å². The molecule has 0 radical (unpaired) electrons. The molecule has 1 N–H and O–H groups in total. The van der Waals surface area contributed by atoms with Crippen molar-refractivity contribution in [2.45, 2.75) is 38.2 Å². The molecule has 1 aliphatic rings. The van der Waals surface area contributed by atoms with Crippen molar-refractivity contribution in [3.63, 3.8) is 0 Å². The molecule has 0 saturated carbocycles. The molecule has 0 aliphatic carbocycles. The van der Waals surface area contributed by atoms with Crippen molar-refractivity contribution in [2.75, 3.05) is 13.7 Å². The van der Waals surface area contributed by atoms with Gasteiger partial charge in [-0.2, -0.15) is 10.2 Å². The summed E-state index contributed by atoms with van der Waals surface area (Å²) in [6.07, 6.45) is 4.43. The predicted molar refractivity (Wildman–Crippen MR) is 120 cm³/mol. The summed E-state index contributed by atoms with van der Waals surface area (Å²) >= 11 is 0. The minimum absolute atomic E-state index is 0.0149. The maximum atomic E-state index is 14.9. The maximum Gasteiger partial charge on any atom is 0.212 e. The summed E-state index contributed by atoms with van der Waals surface area (Å²) < 4.78 is 36.9. The predicted octanol–water partition coefficient (Wildman–Crippen LogP) is 2.01. The van der Waals surface area contributed by atoms with E-state index in [2.05, 4.69) is 25.1 Å². The van der Waals surface area contributed by atoms with Gasteiger partial charge in [-0.15, -0.1) is 0 Å². The van der Waals surface area contributed by atoms with Crippen LogP contribution >= 0.6 is 0 Å². The molecular weight excluding hydrogens is 458 g/mol. The Kier molecular flexibility index (Phi) is 5.99. The Morgan fingerprint density at radius 1 is 1.20 bits per heavy atom. The molecule has 0 bridgehead atoms. The van der Waals surface area contributed by atoms with Crippen molar-refractivity contribution >= 4 is 0 Å². The number of hydrogen-bond acceptors (Lipinski definition) is 8. The van der Waals surface area contributed by atoms with Gasteiger partial charge in [-0.05, 0) is 19.1 Å². The average Bonchev–Trinajstić information content (AvgIpc) is 3.52. The summed E-state index contributed by atoms with van der Waals surface area (Å²) in [6, 6.07) is 6.19. The van der Waals surface area contributed by atoms with Gasteiger partial charge < -0.3 is 9.84 Å². The summed E-state index contributed by atoms with van der Waals surface area (Å²) in [7, 11) is 1.55. The number of fused-ring (bicyclic) bond motifs is 1. The second kappa shape index (κ2) is 9.12. The van der Waals surface area contributed by atoms with Crippen LogP contribution in [0, 0.1) is 11.6 Å². The fourth-order valence-electron chi connectivity index (χ4n) is 4.39. The molecule has 1 aromatic carbocycles. The highest BCUT2D eigenvalue weighted by molar-refractivity contribution is 5.53. The first-order chi connectivity index (χ1) is 16.9. The van der Waals surface area contributed by atoms with Crippen LogP contribution in [0.2, 0.25) is 0 Å². The molecule has 35 heavy (non-hydrogen) atoms. The van der Waals surface area contributed by atoms with Crippen LogP contribution in [0.4, 0.5) is 8.78 Å². The first kappa shape index (κ1) is 23.0. The van der Waals surface area contributed by atoms with Crippen molar-refractivity contribution in [2.24, 2.45) is 0 Å². The molecule has 2 atom stereocenters. The van der Waals surface area contributed by atoms with Crippen LogP contribution in [0.5, 0.6) is 5.88 Å². The Hall–Kier alpha value is -3.77. The minimum atomic E-state index is -1.73. The standard InChI is InChI=1S/C23H24F2N8O2/c1-15(23(34,12-32-14-26-13-28-32)18-5-4-17(24)9-19(18)25)31-7-8-33-20(11-31)29-22(30-33)16-3-6-21(35-2)27-10-16/h3-6,9-10,13-15,34H,7-8,11-12H2,1-2H3/t15-,23-/m1/s1. The Morgan fingerprint density at radius 3 is 2.74 bits per heavy atom. The highest BCUT2D eigenvalue weighted by Gasteiger charge is 2.43. The molecular formula is C23H24F2N8O2. The van der Waals surface area contributed by atoms with Crippen molar-refractivity contribution in [3.05, 3.63) is 72.2 Å². The lowest BCUT2D eigenvalue weighted by atomic mass is 9.85. The molecule has 12 heteroatoms. The molecule has 0 unspecified atom stereocenters. The Bertz CT molecular complexity index is 1310. The molecule has 182 valence electrons. The highest BCUT2D eigenvalue weighted by Crippen LogP contribution is 2.34. The lowest BCUT2D eigenvalue weighted by Gasteiger charge is -2.42. The van der Waals surface area contributed by atoms with Gasteiger partial charge in [-0.25, -0.2) is 33.1 Å². The molecule has 3 aromatic heterocycles. The molecule has 4 aromatic rings. The van der Waals surface area contributed by atoms with Crippen molar-refractivity contribution in [3.8, 4) is 17.3 Å². The van der Waals surface area contributed by atoms with Crippen LogP contribution < -0.4 is 4.74 Å². The van der Waals surface area contributed by atoms with Crippen LogP contribution in [0.25, 0.3) is 11.4 Å². The zero-order chi connectivity index (χ0) is 24.6. The van der Waals surface area contributed by atoms with Crippen molar-refractivity contribution in [1.29, 1.82) is 0 Å². The monoisotopic (exact) mass is 482 g/mol. The van der Waals surface area contributed by atoms with Gasteiger partial charge in [0.15, 0.2) is 5.82 Å². The Morgan fingerprint density at radius 2 is 2.06 bits per heavy atom. The fraction of sp³-hybridized carbons (Fsp3) is 0.348. The molecule has 0 saturated heterocycles. The molecule has 5 rings (SSSR count). The number of nitrogens with zero attached hydrogens (tertiary/aromatic N) is 8. The topological polar surface area (TPSA) is 107 Å². The van der Waals surface area contributed by atoms with Crippen LogP contribution in [-0.2, 0) is 25.2 Å². The third kappa shape index (κ3) is 4.37. The number of methoxy groups -OCH3 is 1. The number of aliphatic hydroxyl groups is 1. The number of hydrogen-bond donors (Lipinski definition) is 1. The van der Waals surface area contributed by atoms with E-state index in [0.717, 1.165) is 17.7 Å². The van der Waals surface area contributed by atoms with Crippen LogP contribution in [0.3, 0.4) is 0 Å². The van der Waals surface area contributed by atoms with E-state index in [-0.39, 0.29) is 12.1 Å².